The summed E-state index contributed by atoms with van der Waals surface area (Å²) in [6.45, 7) is 14.5. The molecule has 1 amide bonds. The number of nitrogens with zero attached hydrogens (tertiary/aromatic N) is 6. The quantitative estimate of drug-likeness (QED) is 0.270. The van der Waals surface area contributed by atoms with E-state index in [1.54, 1.807) is 42.2 Å². The Hall–Kier alpha value is -4.28. The molecule has 1 fully saturated rings. The first kappa shape index (κ1) is 33.1. The number of carbonyl (C=O) groups is 1. The number of piperazine rings is 1. The van der Waals surface area contributed by atoms with Crippen LogP contribution < -0.4 is 16.1 Å². The van der Waals surface area contributed by atoms with Crippen LogP contribution in [-0.4, -0.2) is 86.8 Å². The maximum atomic E-state index is 14.2. The van der Waals surface area contributed by atoms with Crippen LogP contribution in [0.4, 0.5) is 5.69 Å². The van der Waals surface area contributed by atoms with Gasteiger partial charge in [0.1, 0.15) is 0 Å². The van der Waals surface area contributed by atoms with Crippen LogP contribution in [-0.2, 0) is 6.54 Å². The molecule has 1 aliphatic rings. The molecule has 10 nitrogen and oxygen atoms in total. The van der Waals surface area contributed by atoms with Crippen molar-refractivity contribution in [2.45, 2.75) is 47.3 Å². The van der Waals surface area contributed by atoms with Gasteiger partial charge in [0.25, 0.3) is 11.5 Å². The lowest BCUT2D eigenvalue weighted by molar-refractivity contribution is 0.0716. The van der Waals surface area contributed by atoms with E-state index in [0.717, 1.165) is 30.7 Å². The van der Waals surface area contributed by atoms with Crippen LogP contribution in [0.15, 0.2) is 76.3 Å². The second-order valence-corrected chi connectivity index (χ2v) is 13.2. The number of pyridine rings is 1. The summed E-state index contributed by atoms with van der Waals surface area (Å²) in [5.41, 5.74) is 1.22. The van der Waals surface area contributed by atoms with E-state index in [-0.39, 0.29) is 40.9 Å². The van der Waals surface area contributed by atoms with Gasteiger partial charge in [-0.25, -0.2) is 14.3 Å². The maximum Gasteiger partial charge on any atom is 0.337 e. The van der Waals surface area contributed by atoms with Crippen molar-refractivity contribution in [1.82, 2.24) is 23.9 Å². The van der Waals surface area contributed by atoms with Crippen molar-refractivity contribution < 1.29 is 9.90 Å². The van der Waals surface area contributed by atoms with Gasteiger partial charge in [0.2, 0.25) is 0 Å². The van der Waals surface area contributed by atoms with Crippen molar-refractivity contribution in [1.29, 1.82) is 0 Å². The third kappa shape index (κ3) is 7.40. The Morgan fingerprint density at radius 2 is 1.41 bits per heavy atom. The highest BCUT2D eigenvalue weighted by Gasteiger charge is 2.27. The van der Waals surface area contributed by atoms with Crippen LogP contribution in [0.3, 0.4) is 0 Å². The van der Waals surface area contributed by atoms with Crippen LogP contribution >= 0.6 is 0 Å². The van der Waals surface area contributed by atoms with Gasteiger partial charge < -0.3 is 14.9 Å². The van der Waals surface area contributed by atoms with E-state index in [0.29, 0.717) is 31.0 Å². The standard InChI is InChI=1S/C36H46N6O4/c1-25(2)21-40(22-26(3)4)34(44)31-20-27(5)37-33-32(31)35(45)42(29-14-10-7-11-15-29)36(46)41(33)24-30(43)23-38-16-18-39(19-17-38)28-12-8-6-9-13-28/h6-15,20,25-26,30,43H,16-19,21-24H2,1-5H3. The number of hydrogen-bond acceptors (Lipinski definition) is 7. The van der Waals surface area contributed by atoms with E-state index in [9.17, 15) is 19.5 Å². The van der Waals surface area contributed by atoms with Gasteiger partial charge >= 0.3 is 5.69 Å². The van der Waals surface area contributed by atoms with Crippen molar-refractivity contribution in [3.63, 3.8) is 0 Å². The Morgan fingerprint density at radius 1 is 0.848 bits per heavy atom. The molecule has 46 heavy (non-hydrogen) atoms. The number of aromatic nitrogens is 3. The summed E-state index contributed by atoms with van der Waals surface area (Å²) in [7, 11) is 0. The minimum Gasteiger partial charge on any atom is -0.390 e. The molecule has 1 aliphatic heterocycles. The molecule has 1 atom stereocenters. The molecular formula is C36H46N6O4. The first-order chi connectivity index (χ1) is 22.0. The second-order valence-electron chi connectivity index (χ2n) is 13.2. The van der Waals surface area contributed by atoms with Crippen LogP contribution in [0.1, 0.15) is 43.7 Å². The van der Waals surface area contributed by atoms with Crippen LogP contribution in [0.5, 0.6) is 0 Å². The molecule has 4 aromatic rings. The number of para-hydroxylation sites is 2. The predicted octanol–water partition coefficient (Wildman–Crippen LogP) is 3.79. The normalized spacial score (nSPS) is 14.7. The number of aliphatic hydroxyl groups is 1. The summed E-state index contributed by atoms with van der Waals surface area (Å²) in [5.74, 6) is 0.179. The minimum absolute atomic E-state index is 0.0763. The number of anilines is 1. The summed E-state index contributed by atoms with van der Waals surface area (Å²) in [4.78, 5) is 53.5. The molecular weight excluding hydrogens is 580 g/mol. The molecule has 0 spiro atoms. The molecule has 2 aromatic heterocycles. The van der Waals surface area contributed by atoms with E-state index < -0.39 is 17.4 Å². The number of rotatable bonds is 11. The van der Waals surface area contributed by atoms with Gasteiger partial charge in [-0.05, 0) is 49.1 Å². The topological polar surface area (TPSA) is 104 Å². The average molecular weight is 627 g/mol. The third-order valence-corrected chi connectivity index (χ3v) is 8.28. The largest absolute Gasteiger partial charge is 0.390 e. The van der Waals surface area contributed by atoms with Gasteiger partial charge in [-0.2, -0.15) is 0 Å². The smallest absolute Gasteiger partial charge is 0.337 e. The number of carbonyl (C=O) groups excluding carboxylic acids is 1. The molecule has 244 valence electrons. The molecule has 1 unspecified atom stereocenters. The fourth-order valence-corrected chi connectivity index (χ4v) is 6.30. The Labute approximate surface area is 270 Å². The summed E-state index contributed by atoms with van der Waals surface area (Å²) >= 11 is 0. The molecule has 0 bridgehead atoms. The van der Waals surface area contributed by atoms with Crippen LogP contribution in [0.2, 0.25) is 0 Å². The molecule has 5 rings (SSSR count). The third-order valence-electron chi connectivity index (χ3n) is 8.28. The Morgan fingerprint density at radius 3 is 1.98 bits per heavy atom. The lowest BCUT2D eigenvalue weighted by Crippen LogP contribution is -2.50. The number of aryl methyl sites for hydroxylation is 1. The first-order valence-corrected chi connectivity index (χ1v) is 16.3. The van der Waals surface area contributed by atoms with Crippen molar-refractivity contribution in [2.75, 3.05) is 50.7 Å². The van der Waals surface area contributed by atoms with E-state index in [2.05, 4.69) is 54.6 Å². The molecule has 2 aromatic carbocycles. The van der Waals surface area contributed by atoms with E-state index >= 15 is 0 Å². The highest BCUT2D eigenvalue weighted by atomic mass is 16.3. The fourth-order valence-electron chi connectivity index (χ4n) is 6.30. The highest BCUT2D eigenvalue weighted by molar-refractivity contribution is 6.05. The zero-order chi connectivity index (χ0) is 33.0. The zero-order valence-electron chi connectivity index (χ0n) is 27.6. The van der Waals surface area contributed by atoms with Crippen molar-refractivity contribution >= 4 is 22.6 Å². The number of aliphatic hydroxyl groups excluding tert-OH is 1. The molecule has 1 saturated heterocycles. The molecule has 0 radical (unpaired) electrons. The summed E-state index contributed by atoms with van der Waals surface area (Å²) in [6, 6.07) is 20.6. The SMILES string of the molecule is Cc1cc(C(=O)N(CC(C)C)CC(C)C)c2c(=O)n(-c3ccccc3)c(=O)n(CC(O)CN3CCN(c4ccccc4)CC3)c2n1. The zero-order valence-corrected chi connectivity index (χ0v) is 27.6. The molecule has 0 saturated carbocycles. The van der Waals surface area contributed by atoms with Crippen molar-refractivity contribution in [2.24, 2.45) is 11.8 Å². The van der Waals surface area contributed by atoms with E-state index in [4.69, 9.17) is 0 Å². The molecule has 3 heterocycles. The van der Waals surface area contributed by atoms with Crippen LogP contribution in [0, 0.1) is 18.8 Å². The van der Waals surface area contributed by atoms with Crippen molar-refractivity contribution in [3.8, 4) is 5.69 Å². The number of fused-ring (bicyclic) bond motifs is 1. The molecule has 10 heteroatoms. The highest BCUT2D eigenvalue weighted by Crippen LogP contribution is 2.20. The number of amides is 1. The monoisotopic (exact) mass is 626 g/mol. The summed E-state index contributed by atoms with van der Waals surface area (Å²) in [6.07, 6.45) is -0.911. The van der Waals surface area contributed by atoms with E-state index in [1.807, 2.05) is 24.3 Å². The van der Waals surface area contributed by atoms with Gasteiger partial charge in [-0.1, -0.05) is 64.1 Å². The Kier molecular flexibility index (Phi) is 10.4. The number of hydrogen-bond donors (Lipinski definition) is 1. The lowest BCUT2D eigenvalue weighted by Gasteiger charge is -2.37. The van der Waals surface area contributed by atoms with Gasteiger partial charge in [0.05, 0.1) is 29.3 Å². The lowest BCUT2D eigenvalue weighted by atomic mass is 10.1. The van der Waals surface area contributed by atoms with Crippen LogP contribution in [0.25, 0.3) is 16.7 Å². The van der Waals surface area contributed by atoms with E-state index in [1.165, 1.54) is 10.3 Å². The van der Waals surface area contributed by atoms with Gasteiger partial charge in [-0.15, -0.1) is 0 Å². The average Bonchev–Trinajstić information content (AvgIpc) is 3.03. The first-order valence-electron chi connectivity index (χ1n) is 16.3. The molecule has 0 aliphatic carbocycles. The number of β-amino-alcohol motifs (C(OH)–C–C–N with tert-alkyl or cyclic N) is 1. The Bertz CT molecular complexity index is 1750. The molecule has 1 N–H and O–H groups in total. The Balaban J connectivity index is 1.54. The van der Waals surface area contributed by atoms with Crippen molar-refractivity contribution in [3.05, 3.63) is 98.8 Å². The number of benzene rings is 2. The second kappa shape index (κ2) is 14.4. The fraction of sp³-hybridized carbons (Fsp3) is 0.444. The van der Waals surface area contributed by atoms with Gasteiger partial charge in [-0.3, -0.25) is 19.1 Å². The van der Waals surface area contributed by atoms with Gasteiger partial charge in [0.15, 0.2) is 5.65 Å². The summed E-state index contributed by atoms with van der Waals surface area (Å²) in [5, 5.41) is 11.5. The predicted molar refractivity (Wildman–Crippen MR) is 183 cm³/mol. The van der Waals surface area contributed by atoms with Gasteiger partial charge in [0, 0.05) is 57.2 Å². The minimum atomic E-state index is -0.911. The maximum absolute atomic E-state index is 14.2. The summed E-state index contributed by atoms with van der Waals surface area (Å²) < 4.78 is 2.46.